The molecule has 0 unspecified atom stereocenters. The SMILES string of the molecule is O=C(CCC(=O)N1CCc2sccc2C1)Nc1cccc(F)c1F. The second kappa shape index (κ2) is 7.09. The fraction of sp³-hybridized carbons (Fsp3) is 0.294. The van der Waals surface area contributed by atoms with E-state index in [2.05, 4.69) is 5.32 Å². The van der Waals surface area contributed by atoms with Crippen molar-refractivity contribution >= 4 is 28.8 Å². The van der Waals surface area contributed by atoms with Crippen LogP contribution in [-0.4, -0.2) is 23.3 Å². The lowest BCUT2D eigenvalue weighted by molar-refractivity contribution is -0.133. The lowest BCUT2D eigenvalue weighted by atomic mass is 10.1. The van der Waals surface area contributed by atoms with Gasteiger partial charge in [0.2, 0.25) is 11.8 Å². The van der Waals surface area contributed by atoms with E-state index in [9.17, 15) is 18.4 Å². The van der Waals surface area contributed by atoms with Crippen molar-refractivity contribution in [3.05, 3.63) is 51.7 Å². The van der Waals surface area contributed by atoms with Crippen LogP contribution in [0.15, 0.2) is 29.6 Å². The summed E-state index contributed by atoms with van der Waals surface area (Å²) in [6.45, 7) is 1.21. The molecule has 2 heterocycles. The zero-order chi connectivity index (χ0) is 17.1. The first-order chi connectivity index (χ1) is 11.5. The van der Waals surface area contributed by atoms with Gasteiger partial charge in [-0.05, 0) is 35.6 Å². The highest BCUT2D eigenvalue weighted by Crippen LogP contribution is 2.24. The van der Waals surface area contributed by atoms with Gasteiger partial charge in [-0.15, -0.1) is 11.3 Å². The molecule has 7 heteroatoms. The third kappa shape index (κ3) is 3.62. The Kier molecular flexibility index (Phi) is 4.89. The Balaban J connectivity index is 1.51. The van der Waals surface area contributed by atoms with Gasteiger partial charge >= 0.3 is 0 Å². The van der Waals surface area contributed by atoms with Gasteiger partial charge in [-0.2, -0.15) is 0 Å². The molecule has 0 fully saturated rings. The van der Waals surface area contributed by atoms with Crippen LogP contribution in [0, 0.1) is 11.6 Å². The average Bonchev–Trinajstić information content (AvgIpc) is 3.04. The van der Waals surface area contributed by atoms with Gasteiger partial charge in [-0.1, -0.05) is 6.07 Å². The first-order valence-electron chi connectivity index (χ1n) is 7.61. The van der Waals surface area contributed by atoms with Gasteiger partial charge in [0.1, 0.15) is 0 Å². The first-order valence-corrected chi connectivity index (χ1v) is 8.49. The van der Waals surface area contributed by atoms with Crippen molar-refractivity contribution in [1.82, 2.24) is 4.90 Å². The maximum absolute atomic E-state index is 13.5. The predicted octanol–water partition coefficient (Wildman–Crippen LogP) is 3.33. The first kappa shape index (κ1) is 16.6. The minimum absolute atomic E-state index is 0.0439. The number of amides is 2. The molecular weight excluding hydrogens is 334 g/mol. The summed E-state index contributed by atoms with van der Waals surface area (Å²) in [5.74, 6) is -2.75. The molecular formula is C17H16F2N2O2S. The summed E-state index contributed by atoms with van der Waals surface area (Å²) in [6, 6.07) is 5.58. The molecule has 0 saturated heterocycles. The lowest BCUT2D eigenvalue weighted by Gasteiger charge is -2.27. The number of nitrogens with zero attached hydrogens (tertiary/aromatic N) is 1. The molecule has 3 rings (SSSR count). The summed E-state index contributed by atoms with van der Waals surface area (Å²) < 4.78 is 26.6. The van der Waals surface area contributed by atoms with Crippen molar-refractivity contribution in [2.45, 2.75) is 25.8 Å². The van der Waals surface area contributed by atoms with Gasteiger partial charge < -0.3 is 10.2 Å². The third-order valence-electron chi connectivity index (χ3n) is 3.95. The minimum atomic E-state index is -1.10. The van der Waals surface area contributed by atoms with Crippen LogP contribution in [0.25, 0.3) is 0 Å². The van der Waals surface area contributed by atoms with Crippen LogP contribution in [0.3, 0.4) is 0 Å². The van der Waals surface area contributed by atoms with E-state index in [1.54, 1.807) is 16.2 Å². The Labute approximate surface area is 142 Å². The van der Waals surface area contributed by atoms with Crippen LogP contribution in [0.2, 0.25) is 0 Å². The zero-order valence-corrected chi connectivity index (χ0v) is 13.7. The van der Waals surface area contributed by atoms with E-state index < -0.39 is 17.5 Å². The monoisotopic (exact) mass is 350 g/mol. The Morgan fingerprint density at radius 3 is 2.88 bits per heavy atom. The fourth-order valence-corrected chi connectivity index (χ4v) is 3.54. The molecule has 126 valence electrons. The second-order valence-corrected chi connectivity index (χ2v) is 6.58. The number of thiophene rings is 1. The number of rotatable bonds is 4. The van der Waals surface area contributed by atoms with E-state index in [-0.39, 0.29) is 24.4 Å². The summed E-state index contributed by atoms with van der Waals surface area (Å²) >= 11 is 1.69. The Morgan fingerprint density at radius 1 is 1.21 bits per heavy atom. The van der Waals surface area contributed by atoms with Crippen LogP contribution < -0.4 is 5.32 Å². The summed E-state index contributed by atoms with van der Waals surface area (Å²) in [7, 11) is 0. The van der Waals surface area contributed by atoms with Gasteiger partial charge in [0.15, 0.2) is 11.6 Å². The number of benzene rings is 1. The van der Waals surface area contributed by atoms with E-state index >= 15 is 0 Å². The van der Waals surface area contributed by atoms with Crippen LogP contribution >= 0.6 is 11.3 Å². The van der Waals surface area contributed by atoms with E-state index in [1.807, 2.05) is 11.4 Å². The molecule has 0 spiro atoms. The van der Waals surface area contributed by atoms with Crippen molar-refractivity contribution in [2.75, 3.05) is 11.9 Å². The summed E-state index contributed by atoms with van der Waals surface area (Å²) in [4.78, 5) is 27.1. The van der Waals surface area contributed by atoms with E-state index in [0.717, 1.165) is 18.1 Å². The largest absolute Gasteiger partial charge is 0.338 e. The molecule has 0 aliphatic carbocycles. The molecule has 1 aromatic carbocycles. The molecule has 0 atom stereocenters. The standard InChI is InChI=1S/C17H16F2N2O2S/c18-12-2-1-3-13(17(12)19)20-15(22)4-5-16(23)21-8-6-14-11(10-21)7-9-24-14/h1-3,7,9H,4-6,8,10H2,(H,20,22). The van der Waals surface area contributed by atoms with Crippen LogP contribution in [-0.2, 0) is 22.6 Å². The molecule has 0 radical (unpaired) electrons. The molecule has 24 heavy (non-hydrogen) atoms. The summed E-state index contributed by atoms with van der Waals surface area (Å²) in [6.07, 6.45) is 0.809. The van der Waals surface area contributed by atoms with E-state index in [0.29, 0.717) is 13.1 Å². The number of hydrogen-bond donors (Lipinski definition) is 1. The number of carbonyl (C=O) groups is 2. The minimum Gasteiger partial charge on any atom is -0.338 e. The lowest BCUT2D eigenvalue weighted by Crippen LogP contribution is -2.35. The van der Waals surface area contributed by atoms with Gasteiger partial charge in [-0.25, -0.2) is 8.78 Å². The third-order valence-corrected chi connectivity index (χ3v) is 4.97. The molecule has 0 bridgehead atoms. The van der Waals surface area contributed by atoms with Crippen molar-refractivity contribution < 1.29 is 18.4 Å². The van der Waals surface area contributed by atoms with Crippen LogP contribution in [0.5, 0.6) is 0 Å². The molecule has 1 aliphatic rings. The molecule has 4 nitrogen and oxygen atoms in total. The number of hydrogen-bond acceptors (Lipinski definition) is 3. The summed E-state index contributed by atoms with van der Waals surface area (Å²) in [5.41, 5.74) is 0.944. The van der Waals surface area contributed by atoms with Crippen LogP contribution in [0.1, 0.15) is 23.3 Å². The van der Waals surface area contributed by atoms with E-state index in [4.69, 9.17) is 0 Å². The maximum atomic E-state index is 13.5. The average molecular weight is 350 g/mol. The molecule has 1 N–H and O–H groups in total. The van der Waals surface area contributed by atoms with Gasteiger partial charge in [0.05, 0.1) is 5.69 Å². The van der Waals surface area contributed by atoms with Crippen LogP contribution in [0.4, 0.5) is 14.5 Å². The van der Waals surface area contributed by atoms with Crippen molar-refractivity contribution in [2.24, 2.45) is 0 Å². The molecule has 2 amide bonds. The maximum Gasteiger partial charge on any atom is 0.224 e. The number of nitrogens with one attached hydrogen (secondary N) is 1. The number of fused-ring (bicyclic) bond motifs is 1. The highest BCUT2D eigenvalue weighted by molar-refractivity contribution is 7.10. The number of halogens is 2. The fourth-order valence-electron chi connectivity index (χ4n) is 2.65. The topological polar surface area (TPSA) is 49.4 Å². The van der Waals surface area contributed by atoms with Gasteiger partial charge in [0, 0.05) is 30.8 Å². The Morgan fingerprint density at radius 2 is 2.04 bits per heavy atom. The van der Waals surface area contributed by atoms with Crippen molar-refractivity contribution in [3.8, 4) is 0 Å². The Hall–Kier alpha value is -2.28. The quantitative estimate of drug-likeness (QED) is 0.919. The van der Waals surface area contributed by atoms with Gasteiger partial charge in [-0.3, -0.25) is 9.59 Å². The van der Waals surface area contributed by atoms with E-state index in [1.165, 1.54) is 17.0 Å². The molecule has 1 aromatic heterocycles. The highest BCUT2D eigenvalue weighted by atomic mass is 32.1. The second-order valence-electron chi connectivity index (χ2n) is 5.58. The Bertz CT molecular complexity index is 776. The number of anilines is 1. The van der Waals surface area contributed by atoms with Gasteiger partial charge in [0.25, 0.3) is 0 Å². The smallest absolute Gasteiger partial charge is 0.224 e. The number of carbonyl (C=O) groups excluding carboxylic acids is 2. The summed E-state index contributed by atoms with van der Waals surface area (Å²) in [5, 5.41) is 4.31. The van der Waals surface area contributed by atoms with Crippen molar-refractivity contribution in [1.29, 1.82) is 0 Å². The normalized spacial score (nSPS) is 13.5. The molecule has 2 aromatic rings. The van der Waals surface area contributed by atoms with Crippen molar-refractivity contribution in [3.63, 3.8) is 0 Å². The zero-order valence-electron chi connectivity index (χ0n) is 12.9. The molecule has 1 aliphatic heterocycles. The molecule has 0 saturated carbocycles. The highest BCUT2D eigenvalue weighted by Gasteiger charge is 2.22. The predicted molar refractivity (Wildman–Crippen MR) is 87.7 cm³/mol.